The molecule has 0 amide bonds. The number of carbonyl (C=O) groups is 1. The predicted molar refractivity (Wildman–Crippen MR) is 96.4 cm³/mol. The number of rotatable bonds is 10. The van der Waals surface area contributed by atoms with Crippen molar-refractivity contribution in [2.45, 2.75) is 92.4 Å². The van der Waals surface area contributed by atoms with E-state index in [1.165, 1.54) is 57.4 Å². The summed E-state index contributed by atoms with van der Waals surface area (Å²) in [7, 11) is 0. The third kappa shape index (κ3) is 6.08. The van der Waals surface area contributed by atoms with Crippen molar-refractivity contribution in [3.63, 3.8) is 0 Å². The molecule has 0 spiro atoms. The quantitative estimate of drug-likeness (QED) is 0.311. The van der Waals surface area contributed by atoms with Gasteiger partial charge in [-0.25, -0.2) is 0 Å². The van der Waals surface area contributed by atoms with Crippen LogP contribution in [0.3, 0.4) is 0 Å². The molecule has 122 valence electrons. The SMILES string of the molecule is CCC[CH2][Sn](/[CH]=C1\CC[C@@H](C)C1=O)([CH2]CCC)[CH2]CCC. The van der Waals surface area contributed by atoms with Crippen LogP contribution in [0.1, 0.15) is 79.1 Å². The average Bonchev–Trinajstić information content (AvgIpc) is 2.80. The number of unbranched alkanes of at least 4 members (excludes halogenated alkanes) is 3. The second-order valence-corrected chi connectivity index (χ2v) is 20.0. The van der Waals surface area contributed by atoms with Crippen LogP contribution in [-0.2, 0) is 4.79 Å². The summed E-state index contributed by atoms with van der Waals surface area (Å²) in [5, 5.41) is 0. The molecule has 1 atom stereocenters. The zero-order valence-corrected chi connectivity index (χ0v) is 17.7. The molecular formula is C19H36OSn. The monoisotopic (exact) mass is 400 g/mol. The van der Waals surface area contributed by atoms with Gasteiger partial charge in [-0.05, 0) is 0 Å². The number of carbonyl (C=O) groups excluding carboxylic acids is 1. The summed E-state index contributed by atoms with van der Waals surface area (Å²) in [5.74, 6) is 0.782. The third-order valence-corrected chi connectivity index (χ3v) is 19.5. The van der Waals surface area contributed by atoms with E-state index in [-0.39, 0.29) is 0 Å². The van der Waals surface area contributed by atoms with Crippen LogP contribution in [0.2, 0.25) is 13.3 Å². The van der Waals surface area contributed by atoms with Gasteiger partial charge in [0.25, 0.3) is 0 Å². The molecule has 0 unspecified atom stereocenters. The Bertz CT molecular complexity index is 324. The van der Waals surface area contributed by atoms with Crippen LogP contribution in [-0.4, -0.2) is 24.2 Å². The van der Waals surface area contributed by atoms with Gasteiger partial charge in [0.05, 0.1) is 0 Å². The molecule has 0 bridgehead atoms. The maximum atomic E-state index is 12.4. The van der Waals surface area contributed by atoms with Crippen LogP contribution in [0.25, 0.3) is 0 Å². The van der Waals surface area contributed by atoms with E-state index >= 15 is 0 Å². The average molecular weight is 399 g/mol. The molecule has 1 rings (SSSR count). The van der Waals surface area contributed by atoms with Crippen molar-refractivity contribution in [2.24, 2.45) is 5.92 Å². The van der Waals surface area contributed by atoms with Crippen molar-refractivity contribution in [3.05, 3.63) is 9.67 Å². The summed E-state index contributed by atoms with van der Waals surface area (Å²) in [6.07, 6.45) is 10.3. The molecule has 0 saturated heterocycles. The molecule has 21 heavy (non-hydrogen) atoms. The van der Waals surface area contributed by atoms with E-state index < -0.39 is 18.4 Å². The number of allylic oxidation sites excluding steroid dienone is 1. The Hall–Kier alpha value is 0.209. The third-order valence-electron chi connectivity index (χ3n) is 5.18. The van der Waals surface area contributed by atoms with Gasteiger partial charge in [-0.2, -0.15) is 0 Å². The van der Waals surface area contributed by atoms with Crippen LogP contribution in [0.5, 0.6) is 0 Å². The molecule has 1 aliphatic rings. The van der Waals surface area contributed by atoms with Crippen molar-refractivity contribution in [2.75, 3.05) is 0 Å². The minimum absolute atomic E-state index is 0.295. The molecule has 0 aromatic carbocycles. The topological polar surface area (TPSA) is 17.1 Å². The first-order chi connectivity index (χ1) is 10.1. The fourth-order valence-corrected chi connectivity index (χ4v) is 19.0. The second kappa shape index (κ2) is 10.1. The Morgan fingerprint density at radius 3 is 1.81 bits per heavy atom. The standard InChI is InChI=1S/C7H9O.3C4H9.Sn/c1-5-3-4-6(2)7(5)8;3*1-3-4-2;/h1,6H,3-4H2,2H3;3*1,3-4H2,2H3;/t6-;;;;/m1..../s1. The molecule has 1 aliphatic carbocycles. The zero-order chi connectivity index (χ0) is 15.7. The molecule has 0 aromatic rings. The Morgan fingerprint density at radius 1 is 1.00 bits per heavy atom. The first-order valence-electron chi connectivity index (χ1n) is 9.34. The van der Waals surface area contributed by atoms with E-state index in [0.717, 1.165) is 12.8 Å². The molecule has 0 N–H and O–H groups in total. The summed E-state index contributed by atoms with van der Waals surface area (Å²) in [5.41, 5.74) is 1.25. The summed E-state index contributed by atoms with van der Waals surface area (Å²) in [6, 6.07) is 0. The summed E-state index contributed by atoms with van der Waals surface area (Å²) in [6.45, 7) is 9.05. The van der Waals surface area contributed by atoms with E-state index in [9.17, 15) is 4.79 Å². The fourth-order valence-electron chi connectivity index (χ4n) is 3.63. The van der Waals surface area contributed by atoms with Gasteiger partial charge in [0.2, 0.25) is 0 Å². The molecule has 2 heteroatoms. The van der Waals surface area contributed by atoms with Crippen molar-refractivity contribution >= 4 is 24.2 Å². The van der Waals surface area contributed by atoms with Crippen LogP contribution in [0.15, 0.2) is 9.67 Å². The Balaban J connectivity index is 2.95. The van der Waals surface area contributed by atoms with Gasteiger partial charge in [0.1, 0.15) is 0 Å². The normalized spacial score (nSPS) is 21.4. The van der Waals surface area contributed by atoms with E-state index in [4.69, 9.17) is 0 Å². The van der Waals surface area contributed by atoms with E-state index in [0.29, 0.717) is 11.7 Å². The summed E-state index contributed by atoms with van der Waals surface area (Å²) in [4.78, 5) is 12.4. The fraction of sp³-hybridized carbons (Fsp3) is 0.842. The van der Waals surface area contributed by atoms with Gasteiger partial charge in [-0.15, -0.1) is 0 Å². The second-order valence-electron chi connectivity index (χ2n) is 7.15. The predicted octanol–water partition coefficient (Wildman–Crippen LogP) is 6.30. The van der Waals surface area contributed by atoms with Gasteiger partial charge < -0.3 is 0 Å². The van der Waals surface area contributed by atoms with E-state index in [1.54, 1.807) is 0 Å². The van der Waals surface area contributed by atoms with Gasteiger partial charge in [-0.3, -0.25) is 0 Å². The molecular weight excluding hydrogens is 363 g/mol. The van der Waals surface area contributed by atoms with Gasteiger partial charge in [-0.1, -0.05) is 0 Å². The molecule has 0 radical (unpaired) electrons. The number of hydrogen-bond acceptors (Lipinski definition) is 1. The number of hydrogen-bond donors (Lipinski definition) is 0. The summed E-state index contributed by atoms with van der Waals surface area (Å²) >= 11 is -2.24. The Kier molecular flexibility index (Phi) is 9.24. The molecule has 0 aliphatic heterocycles. The first kappa shape index (κ1) is 19.3. The molecule has 1 fully saturated rings. The molecule has 0 aromatic heterocycles. The zero-order valence-electron chi connectivity index (χ0n) is 14.8. The van der Waals surface area contributed by atoms with Crippen molar-refractivity contribution in [1.29, 1.82) is 0 Å². The van der Waals surface area contributed by atoms with Crippen molar-refractivity contribution in [3.8, 4) is 0 Å². The maximum absolute atomic E-state index is 12.4. The van der Waals surface area contributed by atoms with Crippen LogP contribution in [0, 0.1) is 5.92 Å². The first-order valence-corrected chi connectivity index (χ1v) is 17.0. The Morgan fingerprint density at radius 2 is 1.48 bits per heavy atom. The van der Waals surface area contributed by atoms with Crippen molar-refractivity contribution < 1.29 is 4.79 Å². The van der Waals surface area contributed by atoms with Gasteiger partial charge in [0, 0.05) is 0 Å². The van der Waals surface area contributed by atoms with Crippen LogP contribution < -0.4 is 0 Å². The van der Waals surface area contributed by atoms with E-state index in [2.05, 4.69) is 31.8 Å². The van der Waals surface area contributed by atoms with Gasteiger partial charge >= 0.3 is 137 Å². The van der Waals surface area contributed by atoms with Crippen molar-refractivity contribution in [1.82, 2.24) is 0 Å². The van der Waals surface area contributed by atoms with E-state index in [1.807, 2.05) is 0 Å². The minimum atomic E-state index is -2.24. The molecule has 1 saturated carbocycles. The Labute approximate surface area is 136 Å². The molecule has 0 heterocycles. The molecule has 1 nitrogen and oxygen atoms in total. The van der Waals surface area contributed by atoms with Gasteiger partial charge in [0.15, 0.2) is 0 Å². The van der Waals surface area contributed by atoms with Crippen LogP contribution in [0.4, 0.5) is 0 Å². The summed E-state index contributed by atoms with van der Waals surface area (Å²) < 4.78 is 7.10. The van der Waals surface area contributed by atoms with Crippen LogP contribution >= 0.6 is 0 Å². The number of ketones is 1. The number of Topliss-reactive ketones (excluding diaryl/α,β-unsaturated/α-hetero) is 1.